The zero-order valence-corrected chi connectivity index (χ0v) is 16.4. The van der Waals surface area contributed by atoms with Crippen LogP contribution in [0.1, 0.15) is 46.5 Å². The van der Waals surface area contributed by atoms with Crippen LogP contribution in [0.3, 0.4) is 0 Å². The first kappa shape index (κ1) is 19.1. The monoisotopic (exact) mass is 342 g/mol. The molecule has 2 fully saturated rings. The molecule has 0 aromatic heterocycles. The van der Waals surface area contributed by atoms with Gasteiger partial charge in [0.15, 0.2) is 14.6 Å². The summed E-state index contributed by atoms with van der Waals surface area (Å²) in [5, 5.41) is 10.4. The lowest BCUT2D eigenvalue weighted by Crippen LogP contribution is -2.43. The van der Waals surface area contributed by atoms with Gasteiger partial charge in [-0.05, 0) is 43.0 Å². The van der Waals surface area contributed by atoms with Crippen LogP contribution in [0.2, 0.25) is 18.1 Å². The molecular formula is C18H34O4Si. The molecule has 1 aliphatic carbocycles. The fourth-order valence-electron chi connectivity index (χ4n) is 2.91. The van der Waals surface area contributed by atoms with Gasteiger partial charge in [-0.3, -0.25) is 0 Å². The molecule has 2 rings (SSSR count). The van der Waals surface area contributed by atoms with Gasteiger partial charge in [-0.15, -0.1) is 0 Å². The SMILES string of the molecule is C=C1[C@H](O)C[C@H](OC2CCCCO2)[C@H]1CO[Si](C)(C)C(C)(C)C. The summed E-state index contributed by atoms with van der Waals surface area (Å²) in [7, 11) is -1.82. The average Bonchev–Trinajstić information content (AvgIpc) is 2.71. The third kappa shape index (κ3) is 4.66. The second kappa shape index (κ2) is 7.36. The second-order valence-electron chi connectivity index (χ2n) is 8.47. The summed E-state index contributed by atoms with van der Waals surface area (Å²) in [5.74, 6) is 0.0599. The first-order chi connectivity index (χ1) is 10.6. The first-order valence-electron chi connectivity index (χ1n) is 8.89. The second-order valence-corrected chi connectivity index (χ2v) is 13.3. The van der Waals surface area contributed by atoms with Gasteiger partial charge in [-0.2, -0.15) is 0 Å². The van der Waals surface area contributed by atoms with Gasteiger partial charge in [0.2, 0.25) is 0 Å². The van der Waals surface area contributed by atoms with Crippen LogP contribution in [0, 0.1) is 5.92 Å². The molecule has 0 radical (unpaired) electrons. The Kier molecular flexibility index (Phi) is 6.12. The third-order valence-electron chi connectivity index (χ3n) is 5.70. The van der Waals surface area contributed by atoms with E-state index in [1.165, 1.54) is 0 Å². The van der Waals surface area contributed by atoms with Crippen molar-refractivity contribution < 1.29 is 19.0 Å². The van der Waals surface area contributed by atoms with Gasteiger partial charge in [0.1, 0.15) is 0 Å². The van der Waals surface area contributed by atoms with Crippen molar-refractivity contribution >= 4 is 8.32 Å². The van der Waals surface area contributed by atoms with E-state index in [1.807, 2.05) is 0 Å². The molecule has 1 saturated heterocycles. The van der Waals surface area contributed by atoms with Crippen LogP contribution >= 0.6 is 0 Å². The van der Waals surface area contributed by atoms with Gasteiger partial charge < -0.3 is 19.0 Å². The maximum Gasteiger partial charge on any atom is 0.192 e. The lowest BCUT2D eigenvalue weighted by atomic mass is 10.0. The molecule has 0 amide bonds. The molecule has 134 valence electrons. The molecule has 1 saturated carbocycles. The molecular weight excluding hydrogens is 308 g/mol. The van der Waals surface area contributed by atoms with Crippen molar-refractivity contribution in [3.8, 4) is 0 Å². The molecule has 5 heteroatoms. The number of hydrogen-bond acceptors (Lipinski definition) is 4. The van der Waals surface area contributed by atoms with Crippen LogP contribution in [0.4, 0.5) is 0 Å². The minimum absolute atomic E-state index is 0.0506. The molecule has 1 N–H and O–H groups in total. The van der Waals surface area contributed by atoms with Crippen LogP contribution < -0.4 is 0 Å². The Balaban J connectivity index is 1.97. The average molecular weight is 343 g/mol. The molecule has 0 aromatic rings. The molecule has 2 aliphatic rings. The van der Waals surface area contributed by atoms with E-state index < -0.39 is 14.4 Å². The lowest BCUT2D eigenvalue weighted by molar-refractivity contribution is -0.195. The van der Waals surface area contributed by atoms with Crippen molar-refractivity contribution in [1.82, 2.24) is 0 Å². The number of aliphatic hydroxyl groups is 1. The highest BCUT2D eigenvalue weighted by Crippen LogP contribution is 2.40. The van der Waals surface area contributed by atoms with Crippen molar-refractivity contribution in [3.63, 3.8) is 0 Å². The highest BCUT2D eigenvalue weighted by Gasteiger charge is 2.43. The summed E-state index contributed by atoms with van der Waals surface area (Å²) >= 11 is 0. The van der Waals surface area contributed by atoms with Gasteiger partial charge >= 0.3 is 0 Å². The fourth-order valence-corrected chi connectivity index (χ4v) is 3.94. The normalized spacial score (nSPS) is 33.2. The van der Waals surface area contributed by atoms with Crippen LogP contribution in [-0.4, -0.2) is 45.1 Å². The summed E-state index contributed by atoms with van der Waals surface area (Å²) in [6.07, 6.45) is 3.12. The standard InChI is InChI=1S/C18H34O4Si/c1-13-14(12-21-23(5,6)18(2,3)4)16(11-15(13)19)22-17-9-7-8-10-20-17/h14-17,19H,1,7-12H2,2-6H3/t14-,15+,16-,17?/m0/s1. The van der Waals surface area contributed by atoms with E-state index in [9.17, 15) is 5.11 Å². The van der Waals surface area contributed by atoms with Gasteiger partial charge in [0.05, 0.1) is 12.2 Å². The topological polar surface area (TPSA) is 47.9 Å². The van der Waals surface area contributed by atoms with Crippen molar-refractivity contribution in [1.29, 1.82) is 0 Å². The first-order valence-corrected chi connectivity index (χ1v) is 11.8. The quantitative estimate of drug-likeness (QED) is 0.609. The molecule has 1 unspecified atom stereocenters. The van der Waals surface area contributed by atoms with Crippen molar-refractivity contribution in [2.75, 3.05) is 13.2 Å². The van der Waals surface area contributed by atoms with Gasteiger partial charge in [-0.25, -0.2) is 0 Å². The highest BCUT2D eigenvalue weighted by atomic mass is 28.4. The minimum Gasteiger partial charge on any atom is -0.416 e. The number of hydrogen-bond donors (Lipinski definition) is 1. The lowest BCUT2D eigenvalue weighted by Gasteiger charge is -2.38. The zero-order valence-electron chi connectivity index (χ0n) is 15.4. The zero-order chi connectivity index (χ0) is 17.3. The molecule has 4 nitrogen and oxygen atoms in total. The minimum atomic E-state index is -1.82. The van der Waals surface area contributed by atoms with E-state index in [2.05, 4.69) is 40.4 Å². The van der Waals surface area contributed by atoms with Crippen molar-refractivity contribution in [2.24, 2.45) is 5.92 Å². The fraction of sp³-hybridized carbons (Fsp3) is 0.889. The molecule has 4 atom stereocenters. The van der Waals surface area contributed by atoms with Crippen molar-refractivity contribution in [3.05, 3.63) is 12.2 Å². The number of ether oxygens (including phenoxy) is 2. The van der Waals surface area contributed by atoms with Crippen LogP contribution in [0.5, 0.6) is 0 Å². The molecule has 0 spiro atoms. The maximum atomic E-state index is 10.2. The van der Waals surface area contributed by atoms with Gasteiger partial charge in [-0.1, -0.05) is 27.4 Å². The predicted octanol–water partition coefficient (Wildman–Crippen LogP) is 3.86. The summed E-state index contributed by atoms with van der Waals surface area (Å²) < 4.78 is 18.2. The molecule has 1 heterocycles. The molecule has 0 bridgehead atoms. The smallest absolute Gasteiger partial charge is 0.192 e. The third-order valence-corrected chi connectivity index (χ3v) is 10.2. The summed E-state index contributed by atoms with van der Waals surface area (Å²) in [6.45, 7) is 16.7. The van der Waals surface area contributed by atoms with Crippen molar-refractivity contribution in [2.45, 2.75) is 83.1 Å². The van der Waals surface area contributed by atoms with E-state index in [1.54, 1.807) is 0 Å². The van der Waals surface area contributed by atoms with E-state index in [0.717, 1.165) is 31.4 Å². The van der Waals surface area contributed by atoms with Gasteiger partial charge in [0.25, 0.3) is 0 Å². The van der Waals surface area contributed by atoms with E-state index in [0.29, 0.717) is 13.0 Å². The summed E-state index contributed by atoms with van der Waals surface area (Å²) in [6, 6.07) is 0. The summed E-state index contributed by atoms with van der Waals surface area (Å²) in [5.41, 5.74) is 0.851. The van der Waals surface area contributed by atoms with Crippen LogP contribution in [0.25, 0.3) is 0 Å². The van der Waals surface area contributed by atoms with Gasteiger partial charge in [0, 0.05) is 25.6 Å². The van der Waals surface area contributed by atoms with E-state index in [-0.39, 0.29) is 23.4 Å². The highest BCUT2D eigenvalue weighted by molar-refractivity contribution is 6.74. The predicted molar refractivity (Wildman–Crippen MR) is 94.9 cm³/mol. The number of aliphatic hydroxyl groups excluding tert-OH is 1. The Morgan fingerprint density at radius 1 is 1.30 bits per heavy atom. The van der Waals surface area contributed by atoms with E-state index >= 15 is 0 Å². The Morgan fingerprint density at radius 3 is 2.57 bits per heavy atom. The van der Waals surface area contributed by atoms with Crippen LogP contribution in [-0.2, 0) is 13.9 Å². The van der Waals surface area contributed by atoms with Crippen LogP contribution in [0.15, 0.2) is 12.2 Å². The largest absolute Gasteiger partial charge is 0.416 e. The molecule has 0 aromatic carbocycles. The molecule has 23 heavy (non-hydrogen) atoms. The van der Waals surface area contributed by atoms with E-state index in [4.69, 9.17) is 13.9 Å². The Labute approximate surface area is 142 Å². The maximum absolute atomic E-state index is 10.2. The molecule has 1 aliphatic heterocycles. The Morgan fingerprint density at radius 2 is 2.00 bits per heavy atom. The number of rotatable bonds is 5. The Bertz CT molecular complexity index is 410. The summed E-state index contributed by atoms with van der Waals surface area (Å²) in [4.78, 5) is 0. The Hall–Kier alpha value is -0.203.